The molecule has 1 N–H and O–H groups in total. The van der Waals surface area contributed by atoms with Crippen LogP contribution in [0, 0.1) is 0 Å². The molecule has 0 saturated heterocycles. The van der Waals surface area contributed by atoms with Crippen LogP contribution in [-0.2, 0) is 6.54 Å². The summed E-state index contributed by atoms with van der Waals surface area (Å²) in [6, 6.07) is 14.2. The van der Waals surface area contributed by atoms with Gasteiger partial charge in [0.15, 0.2) is 0 Å². The van der Waals surface area contributed by atoms with E-state index in [4.69, 9.17) is 4.42 Å². The molecule has 0 aliphatic rings. The third-order valence-electron chi connectivity index (χ3n) is 2.75. The van der Waals surface area contributed by atoms with Crippen LogP contribution in [0.2, 0.25) is 0 Å². The number of furan rings is 1. The number of benzene rings is 1. The van der Waals surface area contributed by atoms with E-state index in [2.05, 4.69) is 36.4 Å². The Morgan fingerprint density at radius 1 is 1.00 bits per heavy atom. The Bertz CT molecular complexity index is 472. The molecule has 0 saturated carbocycles. The van der Waals surface area contributed by atoms with Crippen LogP contribution in [0.5, 0.6) is 0 Å². The lowest BCUT2D eigenvalue weighted by Crippen LogP contribution is -2.25. The number of likely N-dealkylation sites (N-methyl/N-ethyl adjacent to an activating group) is 1. The topological polar surface area (TPSA) is 28.4 Å². The largest absolute Gasteiger partial charge is 0.460 e. The Kier molecular flexibility index (Phi) is 9.34. The standard InChI is InChI=1S/C15H20N2O.2ClH/c1-17(2)11-10-16-12-14-8-9-15(18-14)13-6-4-3-5-7-13;;/h3-9,16H,10-12H2,1-2H3;2*1H. The Morgan fingerprint density at radius 2 is 1.70 bits per heavy atom. The van der Waals surface area contributed by atoms with Crippen molar-refractivity contribution < 1.29 is 4.42 Å². The summed E-state index contributed by atoms with van der Waals surface area (Å²) in [4.78, 5) is 2.16. The van der Waals surface area contributed by atoms with E-state index in [1.54, 1.807) is 0 Å². The van der Waals surface area contributed by atoms with Gasteiger partial charge in [-0.2, -0.15) is 0 Å². The van der Waals surface area contributed by atoms with Crippen LogP contribution < -0.4 is 5.32 Å². The molecule has 0 atom stereocenters. The molecular formula is C15H22Cl2N2O. The first-order valence-electron chi connectivity index (χ1n) is 6.25. The summed E-state index contributed by atoms with van der Waals surface area (Å²) in [5, 5.41) is 3.36. The number of rotatable bonds is 6. The molecule has 0 spiro atoms. The zero-order chi connectivity index (χ0) is 12.8. The molecule has 0 amide bonds. The lowest BCUT2D eigenvalue weighted by Gasteiger charge is -2.09. The highest BCUT2D eigenvalue weighted by Crippen LogP contribution is 2.21. The van der Waals surface area contributed by atoms with Gasteiger partial charge in [0.25, 0.3) is 0 Å². The van der Waals surface area contributed by atoms with E-state index in [1.165, 1.54) is 0 Å². The minimum absolute atomic E-state index is 0. The second kappa shape index (κ2) is 9.83. The van der Waals surface area contributed by atoms with Crippen LogP contribution in [0.1, 0.15) is 5.76 Å². The fraction of sp³-hybridized carbons (Fsp3) is 0.333. The van der Waals surface area contributed by atoms with Gasteiger partial charge in [-0.25, -0.2) is 0 Å². The monoisotopic (exact) mass is 316 g/mol. The Balaban J connectivity index is 0.00000180. The maximum atomic E-state index is 5.80. The van der Waals surface area contributed by atoms with Crippen molar-refractivity contribution in [2.75, 3.05) is 27.2 Å². The lowest BCUT2D eigenvalue weighted by molar-refractivity contribution is 0.392. The zero-order valence-corrected chi connectivity index (χ0v) is 13.5. The van der Waals surface area contributed by atoms with Crippen molar-refractivity contribution in [1.29, 1.82) is 0 Å². The van der Waals surface area contributed by atoms with E-state index in [1.807, 2.05) is 30.3 Å². The van der Waals surface area contributed by atoms with Gasteiger partial charge in [0.05, 0.1) is 6.54 Å². The third-order valence-corrected chi connectivity index (χ3v) is 2.75. The van der Waals surface area contributed by atoms with E-state index < -0.39 is 0 Å². The van der Waals surface area contributed by atoms with Gasteiger partial charge in [0.1, 0.15) is 11.5 Å². The molecule has 0 aliphatic carbocycles. The highest BCUT2D eigenvalue weighted by atomic mass is 35.5. The van der Waals surface area contributed by atoms with Crippen molar-refractivity contribution in [1.82, 2.24) is 10.2 Å². The predicted molar refractivity (Wildman–Crippen MR) is 88.9 cm³/mol. The van der Waals surface area contributed by atoms with Crippen LogP contribution in [0.25, 0.3) is 11.3 Å². The Hall–Kier alpha value is -1.000. The van der Waals surface area contributed by atoms with Gasteiger partial charge in [0, 0.05) is 18.7 Å². The Labute approximate surface area is 133 Å². The van der Waals surface area contributed by atoms with E-state index in [0.717, 1.165) is 36.7 Å². The first-order chi connectivity index (χ1) is 8.75. The summed E-state index contributed by atoms with van der Waals surface area (Å²) in [7, 11) is 4.14. The van der Waals surface area contributed by atoms with Crippen molar-refractivity contribution in [3.05, 3.63) is 48.2 Å². The van der Waals surface area contributed by atoms with Crippen molar-refractivity contribution in [3.8, 4) is 11.3 Å². The molecule has 20 heavy (non-hydrogen) atoms. The van der Waals surface area contributed by atoms with E-state index in [0.29, 0.717) is 0 Å². The molecular weight excluding hydrogens is 295 g/mol. The summed E-state index contributed by atoms with van der Waals surface area (Å²) >= 11 is 0. The van der Waals surface area contributed by atoms with Crippen LogP contribution in [0.15, 0.2) is 46.9 Å². The predicted octanol–water partition coefficient (Wildman–Crippen LogP) is 3.44. The summed E-state index contributed by atoms with van der Waals surface area (Å²) in [6.45, 7) is 2.78. The summed E-state index contributed by atoms with van der Waals surface area (Å²) in [5.74, 6) is 1.91. The van der Waals surface area contributed by atoms with Crippen LogP contribution in [0.4, 0.5) is 0 Å². The smallest absolute Gasteiger partial charge is 0.134 e. The van der Waals surface area contributed by atoms with E-state index in [-0.39, 0.29) is 24.8 Å². The van der Waals surface area contributed by atoms with Crippen molar-refractivity contribution in [2.24, 2.45) is 0 Å². The van der Waals surface area contributed by atoms with Gasteiger partial charge < -0.3 is 14.6 Å². The molecule has 0 fully saturated rings. The van der Waals surface area contributed by atoms with Gasteiger partial charge in [-0.3, -0.25) is 0 Å². The first kappa shape index (κ1) is 19.0. The average molecular weight is 317 g/mol. The number of halogens is 2. The van der Waals surface area contributed by atoms with Gasteiger partial charge in [-0.1, -0.05) is 30.3 Å². The molecule has 0 bridgehead atoms. The molecule has 112 valence electrons. The molecule has 1 aromatic carbocycles. The minimum atomic E-state index is 0. The molecule has 5 heteroatoms. The molecule has 2 aromatic rings. The average Bonchev–Trinajstić information content (AvgIpc) is 2.84. The quantitative estimate of drug-likeness (QED) is 0.827. The van der Waals surface area contributed by atoms with Crippen molar-refractivity contribution in [3.63, 3.8) is 0 Å². The molecule has 0 unspecified atom stereocenters. The SMILES string of the molecule is CN(C)CCNCc1ccc(-c2ccccc2)o1.Cl.Cl. The fourth-order valence-electron chi connectivity index (χ4n) is 1.74. The first-order valence-corrected chi connectivity index (χ1v) is 6.25. The van der Waals surface area contributed by atoms with Crippen LogP contribution in [-0.4, -0.2) is 32.1 Å². The lowest BCUT2D eigenvalue weighted by atomic mass is 10.2. The van der Waals surface area contributed by atoms with Gasteiger partial charge in [0.2, 0.25) is 0 Å². The number of nitrogens with one attached hydrogen (secondary N) is 1. The normalized spacial score (nSPS) is 9.95. The zero-order valence-electron chi connectivity index (χ0n) is 11.8. The number of nitrogens with zero attached hydrogens (tertiary/aromatic N) is 1. The maximum absolute atomic E-state index is 5.80. The van der Waals surface area contributed by atoms with Gasteiger partial charge in [-0.15, -0.1) is 24.8 Å². The molecule has 3 nitrogen and oxygen atoms in total. The second-order valence-electron chi connectivity index (χ2n) is 4.61. The molecule has 0 radical (unpaired) electrons. The molecule has 0 aliphatic heterocycles. The van der Waals surface area contributed by atoms with E-state index >= 15 is 0 Å². The molecule has 1 heterocycles. The van der Waals surface area contributed by atoms with Crippen molar-refractivity contribution in [2.45, 2.75) is 6.54 Å². The highest BCUT2D eigenvalue weighted by Gasteiger charge is 2.03. The van der Waals surface area contributed by atoms with Crippen molar-refractivity contribution >= 4 is 24.8 Å². The summed E-state index contributed by atoms with van der Waals surface area (Å²) < 4.78 is 5.80. The summed E-state index contributed by atoms with van der Waals surface area (Å²) in [5.41, 5.74) is 1.12. The maximum Gasteiger partial charge on any atom is 0.134 e. The van der Waals surface area contributed by atoms with Gasteiger partial charge >= 0.3 is 0 Å². The van der Waals surface area contributed by atoms with Crippen LogP contribution in [0.3, 0.4) is 0 Å². The third kappa shape index (κ3) is 5.97. The molecule has 1 aromatic heterocycles. The minimum Gasteiger partial charge on any atom is -0.460 e. The Morgan fingerprint density at radius 3 is 2.35 bits per heavy atom. The van der Waals surface area contributed by atoms with Crippen LogP contribution >= 0.6 is 24.8 Å². The van der Waals surface area contributed by atoms with Gasteiger partial charge in [-0.05, 0) is 26.2 Å². The summed E-state index contributed by atoms with van der Waals surface area (Å²) in [6.07, 6.45) is 0. The highest BCUT2D eigenvalue weighted by molar-refractivity contribution is 5.85. The fourth-order valence-corrected chi connectivity index (χ4v) is 1.74. The number of hydrogen-bond donors (Lipinski definition) is 1. The second-order valence-corrected chi connectivity index (χ2v) is 4.61. The molecule has 2 rings (SSSR count). The van der Waals surface area contributed by atoms with E-state index in [9.17, 15) is 0 Å². The number of hydrogen-bond acceptors (Lipinski definition) is 3.